The van der Waals surface area contributed by atoms with Crippen LogP contribution in [0.15, 0.2) is 0 Å². The predicted octanol–water partition coefficient (Wildman–Crippen LogP) is 3.96. The maximum absolute atomic E-state index is 12.4. The zero-order valence-electron chi connectivity index (χ0n) is 10.4. The van der Waals surface area contributed by atoms with Crippen molar-refractivity contribution in [3.05, 3.63) is 0 Å². The van der Waals surface area contributed by atoms with Gasteiger partial charge in [0.25, 0.3) is 0 Å². The van der Waals surface area contributed by atoms with Crippen LogP contribution in [0, 0.1) is 16.7 Å². The topological polar surface area (TPSA) is 17.1 Å². The van der Waals surface area contributed by atoms with Crippen LogP contribution in [0.4, 0.5) is 0 Å². The highest BCUT2D eigenvalue weighted by atomic mass is 16.1. The number of fused-ring (bicyclic) bond motifs is 2. The van der Waals surface area contributed by atoms with E-state index in [1.54, 1.807) is 0 Å². The average Bonchev–Trinajstić information content (AvgIpc) is 2.84. The third kappa shape index (κ3) is 1.55. The number of carbonyl (C=O) groups excluding carboxylic acids is 1. The summed E-state index contributed by atoms with van der Waals surface area (Å²) in [6.07, 6.45) is 8.49. The first-order valence-corrected chi connectivity index (χ1v) is 6.62. The van der Waals surface area contributed by atoms with Crippen LogP contribution in [0.2, 0.25) is 0 Å². The van der Waals surface area contributed by atoms with Crippen LogP contribution in [0.3, 0.4) is 0 Å². The van der Waals surface area contributed by atoms with Crippen molar-refractivity contribution < 1.29 is 4.79 Å². The summed E-state index contributed by atoms with van der Waals surface area (Å²) < 4.78 is 0. The van der Waals surface area contributed by atoms with Crippen molar-refractivity contribution in [1.29, 1.82) is 0 Å². The lowest BCUT2D eigenvalue weighted by Crippen LogP contribution is -2.31. The lowest BCUT2D eigenvalue weighted by Gasteiger charge is -2.28. The number of rotatable bonds is 4. The van der Waals surface area contributed by atoms with E-state index in [0.29, 0.717) is 11.2 Å². The van der Waals surface area contributed by atoms with Gasteiger partial charge in [0.2, 0.25) is 0 Å². The highest BCUT2D eigenvalue weighted by Gasteiger charge is 2.56. The molecular formula is C14H24O. The first-order valence-electron chi connectivity index (χ1n) is 6.62. The Morgan fingerprint density at radius 3 is 2.20 bits per heavy atom. The van der Waals surface area contributed by atoms with E-state index < -0.39 is 0 Å². The molecule has 0 aliphatic heterocycles. The molecule has 1 nitrogen and oxygen atoms in total. The Kier molecular flexibility index (Phi) is 2.68. The standard InChI is InChI=1S/C14H24O/c1-4-11(3)12(15)14-8-6-13(5-2,10-14)7-9-14/h11H,4-10H2,1-3H3. The van der Waals surface area contributed by atoms with Crippen molar-refractivity contribution in [2.24, 2.45) is 16.7 Å². The van der Waals surface area contributed by atoms with Crippen LogP contribution in [-0.4, -0.2) is 5.78 Å². The molecule has 15 heavy (non-hydrogen) atoms. The van der Waals surface area contributed by atoms with E-state index in [-0.39, 0.29) is 11.3 Å². The van der Waals surface area contributed by atoms with E-state index in [9.17, 15) is 4.79 Å². The molecule has 86 valence electrons. The summed E-state index contributed by atoms with van der Waals surface area (Å²) in [6.45, 7) is 6.55. The van der Waals surface area contributed by atoms with Crippen LogP contribution in [-0.2, 0) is 4.79 Å². The van der Waals surface area contributed by atoms with Crippen molar-refractivity contribution in [2.75, 3.05) is 0 Å². The molecule has 2 saturated carbocycles. The highest BCUT2D eigenvalue weighted by Crippen LogP contribution is 2.63. The van der Waals surface area contributed by atoms with E-state index >= 15 is 0 Å². The van der Waals surface area contributed by atoms with E-state index in [1.807, 2.05) is 0 Å². The molecule has 2 aliphatic carbocycles. The minimum absolute atomic E-state index is 0.117. The summed E-state index contributed by atoms with van der Waals surface area (Å²) in [5, 5.41) is 0. The van der Waals surface area contributed by atoms with Gasteiger partial charge in [0.1, 0.15) is 5.78 Å². The molecule has 2 aliphatic rings. The molecule has 2 bridgehead atoms. The van der Waals surface area contributed by atoms with Gasteiger partial charge in [-0.1, -0.05) is 27.2 Å². The Labute approximate surface area is 93.6 Å². The molecule has 0 aromatic rings. The van der Waals surface area contributed by atoms with E-state index in [2.05, 4.69) is 20.8 Å². The number of Topliss-reactive ketones (excluding diaryl/α,β-unsaturated/α-hetero) is 1. The largest absolute Gasteiger partial charge is 0.299 e. The van der Waals surface area contributed by atoms with Gasteiger partial charge in [-0.15, -0.1) is 0 Å². The number of hydrogen-bond acceptors (Lipinski definition) is 1. The van der Waals surface area contributed by atoms with E-state index in [0.717, 1.165) is 6.42 Å². The van der Waals surface area contributed by atoms with Crippen LogP contribution >= 0.6 is 0 Å². The molecule has 1 heteroatoms. The molecule has 0 amide bonds. The molecule has 0 radical (unpaired) electrons. The Morgan fingerprint density at radius 1 is 1.20 bits per heavy atom. The van der Waals surface area contributed by atoms with Gasteiger partial charge in [0, 0.05) is 11.3 Å². The Bertz CT molecular complexity index is 259. The van der Waals surface area contributed by atoms with Crippen LogP contribution in [0.5, 0.6) is 0 Å². The third-order valence-corrected chi connectivity index (χ3v) is 5.31. The minimum Gasteiger partial charge on any atom is -0.299 e. The number of carbonyl (C=O) groups is 1. The van der Waals surface area contributed by atoms with Crippen molar-refractivity contribution in [1.82, 2.24) is 0 Å². The van der Waals surface area contributed by atoms with Crippen molar-refractivity contribution in [2.45, 2.75) is 65.7 Å². The van der Waals surface area contributed by atoms with Crippen LogP contribution < -0.4 is 0 Å². The zero-order chi connectivity index (χ0) is 11.1. The summed E-state index contributed by atoms with van der Waals surface area (Å²) in [7, 11) is 0. The average molecular weight is 208 g/mol. The molecule has 2 rings (SSSR count). The predicted molar refractivity (Wildman–Crippen MR) is 62.7 cm³/mol. The third-order valence-electron chi connectivity index (χ3n) is 5.31. The fraction of sp³-hybridized carbons (Fsp3) is 0.929. The second kappa shape index (κ2) is 3.61. The van der Waals surface area contributed by atoms with Gasteiger partial charge in [-0.3, -0.25) is 4.79 Å². The normalized spacial score (nSPS) is 40.7. The van der Waals surface area contributed by atoms with Crippen LogP contribution in [0.25, 0.3) is 0 Å². The van der Waals surface area contributed by atoms with Gasteiger partial charge < -0.3 is 0 Å². The van der Waals surface area contributed by atoms with Gasteiger partial charge in [-0.05, 0) is 43.9 Å². The molecule has 0 N–H and O–H groups in total. The van der Waals surface area contributed by atoms with Gasteiger partial charge >= 0.3 is 0 Å². The van der Waals surface area contributed by atoms with Gasteiger partial charge in [0.15, 0.2) is 0 Å². The smallest absolute Gasteiger partial charge is 0.141 e. The fourth-order valence-corrected chi connectivity index (χ4v) is 3.85. The first-order chi connectivity index (χ1) is 7.07. The quantitative estimate of drug-likeness (QED) is 0.683. The van der Waals surface area contributed by atoms with Crippen LogP contribution in [0.1, 0.15) is 65.7 Å². The maximum Gasteiger partial charge on any atom is 0.141 e. The monoisotopic (exact) mass is 208 g/mol. The van der Waals surface area contributed by atoms with Crippen molar-refractivity contribution in [3.63, 3.8) is 0 Å². The zero-order valence-corrected chi connectivity index (χ0v) is 10.4. The Hall–Kier alpha value is -0.330. The summed E-state index contributed by atoms with van der Waals surface area (Å²) in [5.41, 5.74) is 0.675. The lowest BCUT2D eigenvalue weighted by atomic mass is 9.75. The Morgan fingerprint density at radius 2 is 1.80 bits per heavy atom. The molecule has 0 aromatic heterocycles. The maximum atomic E-state index is 12.4. The van der Waals surface area contributed by atoms with Crippen molar-refractivity contribution >= 4 is 5.78 Å². The second-order valence-corrected chi connectivity index (χ2v) is 5.98. The second-order valence-electron chi connectivity index (χ2n) is 5.98. The molecule has 0 spiro atoms. The SMILES string of the molecule is CCC(C)C(=O)C12CCC(CC)(CC1)C2. The molecule has 0 aromatic carbocycles. The van der Waals surface area contributed by atoms with E-state index in [4.69, 9.17) is 0 Å². The van der Waals surface area contributed by atoms with Gasteiger partial charge in [-0.2, -0.15) is 0 Å². The summed E-state index contributed by atoms with van der Waals surface area (Å²) in [4.78, 5) is 12.4. The van der Waals surface area contributed by atoms with E-state index in [1.165, 1.54) is 38.5 Å². The molecule has 0 heterocycles. The fourth-order valence-electron chi connectivity index (χ4n) is 3.85. The molecule has 0 saturated heterocycles. The summed E-state index contributed by atoms with van der Waals surface area (Å²) >= 11 is 0. The van der Waals surface area contributed by atoms with Gasteiger partial charge in [-0.25, -0.2) is 0 Å². The minimum atomic E-state index is 0.117. The first kappa shape index (κ1) is 11.2. The number of ketones is 1. The Balaban J connectivity index is 2.14. The number of hydrogen-bond donors (Lipinski definition) is 0. The molecule has 1 atom stereocenters. The molecular weight excluding hydrogens is 184 g/mol. The lowest BCUT2D eigenvalue weighted by molar-refractivity contribution is -0.132. The van der Waals surface area contributed by atoms with Crippen molar-refractivity contribution in [3.8, 4) is 0 Å². The van der Waals surface area contributed by atoms with Gasteiger partial charge in [0.05, 0.1) is 0 Å². The molecule has 2 fully saturated rings. The molecule has 1 unspecified atom stereocenters. The highest BCUT2D eigenvalue weighted by molar-refractivity contribution is 5.87. The summed E-state index contributed by atoms with van der Waals surface area (Å²) in [5.74, 6) is 0.869. The summed E-state index contributed by atoms with van der Waals surface area (Å²) in [6, 6.07) is 0.